The molecule has 1 unspecified atom stereocenters. The molecule has 1 amide bonds. The summed E-state index contributed by atoms with van der Waals surface area (Å²) in [7, 11) is 0. The molecule has 162 valence electrons. The van der Waals surface area contributed by atoms with Crippen LogP contribution in [0.3, 0.4) is 0 Å². The van der Waals surface area contributed by atoms with Crippen LogP contribution in [-0.2, 0) is 0 Å². The van der Waals surface area contributed by atoms with E-state index in [0.29, 0.717) is 5.56 Å². The van der Waals surface area contributed by atoms with Gasteiger partial charge in [0.25, 0.3) is 18.3 Å². The quantitative estimate of drug-likeness (QED) is 0.665. The number of nitrogens with zero attached hydrogens (tertiary/aromatic N) is 3. The minimum atomic E-state index is -2.85. The number of carbonyl (C=O) groups is 1. The third-order valence-corrected chi connectivity index (χ3v) is 5.28. The first-order chi connectivity index (χ1) is 14.2. The maximum atomic E-state index is 13.6. The first-order valence-corrected chi connectivity index (χ1v) is 9.50. The van der Waals surface area contributed by atoms with Gasteiger partial charge in [0.1, 0.15) is 5.82 Å². The average molecular weight is 449 g/mol. The van der Waals surface area contributed by atoms with Crippen LogP contribution in [0.15, 0.2) is 30.6 Å². The van der Waals surface area contributed by atoms with E-state index < -0.39 is 35.9 Å². The van der Waals surface area contributed by atoms with E-state index >= 15 is 0 Å². The molecule has 0 spiro atoms. The summed E-state index contributed by atoms with van der Waals surface area (Å²) >= 11 is 5.83. The Morgan fingerprint density at radius 1 is 1.20 bits per heavy atom. The molecule has 0 radical (unpaired) electrons. The minimum absolute atomic E-state index is 0.0326. The Morgan fingerprint density at radius 3 is 2.43 bits per heavy atom. The molecule has 0 bridgehead atoms. The van der Waals surface area contributed by atoms with Crippen molar-refractivity contribution in [1.82, 2.24) is 20.2 Å². The molecular formula is C19H18ClF5N4O. The van der Waals surface area contributed by atoms with E-state index in [4.69, 9.17) is 11.6 Å². The fraction of sp³-hybridized carbons (Fsp3) is 0.421. The van der Waals surface area contributed by atoms with Crippen molar-refractivity contribution in [2.45, 2.75) is 31.2 Å². The van der Waals surface area contributed by atoms with Crippen molar-refractivity contribution in [2.75, 3.05) is 19.6 Å². The van der Waals surface area contributed by atoms with Gasteiger partial charge in [-0.15, -0.1) is 0 Å². The smallest absolute Gasteiger partial charge is 0.297 e. The summed E-state index contributed by atoms with van der Waals surface area (Å²) in [5.41, 5.74) is 0.306. The number of benzene rings is 1. The molecule has 1 fully saturated rings. The highest BCUT2D eigenvalue weighted by Gasteiger charge is 2.37. The Kier molecular flexibility index (Phi) is 6.87. The second-order valence-electron chi connectivity index (χ2n) is 6.89. The summed E-state index contributed by atoms with van der Waals surface area (Å²) < 4.78 is 66.2. The summed E-state index contributed by atoms with van der Waals surface area (Å²) in [6, 6.07) is 3.15. The number of amides is 1. The van der Waals surface area contributed by atoms with Gasteiger partial charge in [-0.25, -0.2) is 31.9 Å². The topological polar surface area (TPSA) is 58.1 Å². The SMILES string of the molecule is O=C(NCC(c1cnc(C(F)F)nc1)N1CCC(F)(F)CC1)c1cccc(F)c1Cl. The van der Waals surface area contributed by atoms with Gasteiger partial charge >= 0.3 is 0 Å². The molecule has 11 heteroatoms. The maximum Gasteiger partial charge on any atom is 0.297 e. The molecule has 1 aliphatic rings. The fourth-order valence-electron chi connectivity index (χ4n) is 3.22. The van der Waals surface area contributed by atoms with E-state index in [9.17, 15) is 26.7 Å². The van der Waals surface area contributed by atoms with Crippen LogP contribution in [0.4, 0.5) is 22.0 Å². The van der Waals surface area contributed by atoms with Crippen molar-refractivity contribution in [2.24, 2.45) is 0 Å². The number of alkyl halides is 4. The van der Waals surface area contributed by atoms with Crippen LogP contribution in [0.5, 0.6) is 0 Å². The summed E-state index contributed by atoms with van der Waals surface area (Å²) in [6.07, 6.45) is -1.21. The number of likely N-dealkylation sites (tertiary alicyclic amines) is 1. The molecular weight excluding hydrogens is 431 g/mol. The summed E-state index contributed by atoms with van der Waals surface area (Å²) in [4.78, 5) is 21.4. The monoisotopic (exact) mass is 448 g/mol. The molecule has 1 atom stereocenters. The minimum Gasteiger partial charge on any atom is -0.350 e. The molecule has 0 aliphatic carbocycles. The molecule has 2 heterocycles. The van der Waals surface area contributed by atoms with Crippen LogP contribution < -0.4 is 5.32 Å². The van der Waals surface area contributed by atoms with Crippen molar-refractivity contribution in [3.05, 3.63) is 58.4 Å². The third-order valence-electron chi connectivity index (χ3n) is 4.89. The molecule has 1 aromatic heterocycles. The van der Waals surface area contributed by atoms with Crippen molar-refractivity contribution < 1.29 is 26.7 Å². The number of rotatable bonds is 6. The highest BCUT2D eigenvalue weighted by molar-refractivity contribution is 6.34. The van der Waals surface area contributed by atoms with Gasteiger partial charge in [0.15, 0.2) is 5.82 Å². The molecule has 2 aromatic rings. The van der Waals surface area contributed by atoms with E-state index in [1.165, 1.54) is 24.5 Å². The first-order valence-electron chi connectivity index (χ1n) is 9.12. The van der Waals surface area contributed by atoms with Gasteiger partial charge in [0, 0.05) is 50.4 Å². The van der Waals surface area contributed by atoms with Crippen LogP contribution in [0.25, 0.3) is 0 Å². The highest BCUT2D eigenvalue weighted by atomic mass is 35.5. The molecule has 1 aliphatic heterocycles. The lowest BCUT2D eigenvalue weighted by Gasteiger charge is -2.37. The van der Waals surface area contributed by atoms with Crippen LogP contribution >= 0.6 is 11.6 Å². The Morgan fingerprint density at radius 2 is 1.83 bits per heavy atom. The predicted molar refractivity (Wildman–Crippen MR) is 99.2 cm³/mol. The number of nitrogens with one attached hydrogen (secondary N) is 1. The predicted octanol–water partition coefficient (Wildman–Crippen LogP) is 4.41. The Bertz CT molecular complexity index is 887. The average Bonchev–Trinajstić information content (AvgIpc) is 2.71. The molecule has 5 nitrogen and oxygen atoms in total. The second kappa shape index (κ2) is 9.22. The van der Waals surface area contributed by atoms with E-state index in [-0.39, 0.29) is 43.1 Å². The highest BCUT2D eigenvalue weighted by Crippen LogP contribution is 2.32. The molecule has 1 aromatic carbocycles. The van der Waals surface area contributed by atoms with E-state index in [2.05, 4.69) is 15.3 Å². The van der Waals surface area contributed by atoms with Crippen LogP contribution in [0, 0.1) is 5.82 Å². The molecule has 30 heavy (non-hydrogen) atoms. The maximum absolute atomic E-state index is 13.6. The van der Waals surface area contributed by atoms with Crippen LogP contribution in [0.2, 0.25) is 5.02 Å². The zero-order valence-electron chi connectivity index (χ0n) is 15.6. The zero-order valence-corrected chi connectivity index (χ0v) is 16.4. The number of hydrogen-bond donors (Lipinski definition) is 1. The number of carbonyl (C=O) groups excluding carboxylic acids is 1. The number of halogens is 6. The van der Waals surface area contributed by atoms with Gasteiger partial charge in [-0.1, -0.05) is 17.7 Å². The number of hydrogen-bond acceptors (Lipinski definition) is 4. The summed E-state index contributed by atoms with van der Waals surface area (Å²) in [5.74, 6) is -4.85. The number of piperidine rings is 1. The van der Waals surface area contributed by atoms with E-state index in [1.54, 1.807) is 4.90 Å². The van der Waals surface area contributed by atoms with Gasteiger partial charge < -0.3 is 5.32 Å². The molecule has 1 saturated heterocycles. The Balaban J connectivity index is 1.79. The van der Waals surface area contributed by atoms with Crippen molar-refractivity contribution in [3.63, 3.8) is 0 Å². The fourth-order valence-corrected chi connectivity index (χ4v) is 3.43. The molecule has 3 rings (SSSR count). The first kappa shape index (κ1) is 22.4. The lowest BCUT2D eigenvalue weighted by atomic mass is 10.0. The van der Waals surface area contributed by atoms with Gasteiger partial charge in [-0.05, 0) is 12.1 Å². The van der Waals surface area contributed by atoms with Gasteiger partial charge in [-0.3, -0.25) is 9.69 Å². The van der Waals surface area contributed by atoms with Crippen molar-refractivity contribution in [3.8, 4) is 0 Å². The van der Waals surface area contributed by atoms with Gasteiger partial charge in [0.05, 0.1) is 16.6 Å². The Hall–Kier alpha value is -2.33. The van der Waals surface area contributed by atoms with Crippen LogP contribution in [-0.4, -0.2) is 46.3 Å². The largest absolute Gasteiger partial charge is 0.350 e. The summed E-state index contributed by atoms with van der Waals surface area (Å²) in [5, 5.41) is 2.26. The van der Waals surface area contributed by atoms with Crippen molar-refractivity contribution >= 4 is 17.5 Å². The van der Waals surface area contributed by atoms with Crippen LogP contribution in [0.1, 0.15) is 47.1 Å². The normalized spacial score (nSPS) is 17.7. The molecule has 0 saturated carbocycles. The Labute approximate surface area is 174 Å². The number of aromatic nitrogens is 2. The zero-order chi connectivity index (χ0) is 21.9. The lowest BCUT2D eigenvalue weighted by molar-refractivity contribution is -0.0632. The second-order valence-corrected chi connectivity index (χ2v) is 7.27. The lowest BCUT2D eigenvalue weighted by Crippen LogP contribution is -2.45. The molecule has 1 N–H and O–H groups in total. The van der Waals surface area contributed by atoms with Gasteiger partial charge in [0.2, 0.25) is 0 Å². The standard InChI is InChI=1S/C19H18ClF5N4O/c20-15-12(2-1-3-13(15)21)18(30)28-10-14(29-6-4-19(24,25)5-7-29)11-8-26-17(16(22)23)27-9-11/h1-3,8-9,14,16H,4-7,10H2,(H,28,30). The summed E-state index contributed by atoms with van der Waals surface area (Å²) in [6.45, 7) is 0.00431. The van der Waals surface area contributed by atoms with E-state index in [1.807, 2.05) is 0 Å². The van der Waals surface area contributed by atoms with E-state index in [0.717, 1.165) is 6.07 Å². The third kappa shape index (κ3) is 5.23. The van der Waals surface area contributed by atoms with Crippen molar-refractivity contribution in [1.29, 1.82) is 0 Å². The van der Waals surface area contributed by atoms with Gasteiger partial charge in [-0.2, -0.15) is 0 Å².